The van der Waals surface area contributed by atoms with E-state index in [2.05, 4.69) is 26.6 Å². The largest absolute Gasteiger partial charge is 0.452 e. The first kappa shape index (κ1) is 13.5. The molecule has 0 aliphatic carbocycles. The summed E-state index contributed by atoms with van der Waals surface area (Å²) in [4.78, 5) is 10.8. The Balaban J connectivity index is 2.08. The van der Waals surface area contributed by atoms with Crippen molar-refractivity contribution in [2.45, 2.75) is 13.0 Å². The van der Waals surface area contributed by atoms with E-state index in [1.54, 1.807) is 12.1 Å². The molecule has 0 aliphatic rings. The van der Waals surface area contributed by atoms with Gasteiger partial charge in [0.2, 0.25) is 0 Å². The van der Waals surface area contributed by atoms with E-state index in [9.17, 15) is 4.79 Å². The first-order chi connectivity index (χ1) is 9.04. The number of nitrogens with two attached hydrogens (primary N) is 1. The van der Waals surface area contributed by atoms with Gasteiger partial charge in [0, 0.05) is 11.4 Å². The summed E-state index contributed by atoms with van der Waals surface area (Å²) in [5, 5.41) is 5.81. The maximum atomic E-state index is 10.8. The van der Waals surface area contributed by atoms with E-state index in [4.69, 9.17) is 10.2 Å². The second-order valence-electron chi connectivity index (χ2n) is 4.08. The molecule has 0 spiro atoms. The quantitative estimate of drug-likeness (QED) is 0.802. The number of carbonyl (C=O) groups excluding carboxylic acids is 1. The molecule has 0 saturated heterocycles. The summed E-state index contributed by atoms with van der Waals surface area (Å²) >= 11 is 3.27. The number of primary amides is 1. The number of carbonyl (C=O) groups is 1. The van der Waals surface area contributed by atoms with Crippen LogP contribution >= 0.6 is 15.9 Å². The molecule has 0 saturated carbocycles. The molecule has 1 aromatic carbocycles. The van der Waals surface area contributed by atoms with Crippen LogP contribution in [0, 0.1) is 0 Å². The fraction of sp³-hybridized carbons (Fsp3) is 0.154. The summed E-state index contributed by atoms with van der Waals surface area (Å²) in [6.07, 6.45) is 0. The van der Waals surface area contributed by atoms with Gasteiger partial charge in [-0.15, -0.1) is 0 Å². The van der Waals surface area contributed by atoms with E-state index in [1.165, 1.54) is 0 Å². The van der Waals surface area contributed by atoms with E-state index in [0.717, 1.165) is 11.4 Å². The second kappa shape index (κ2) is 5.79. The SMILES string of the molecule is CC(Nc1cccc(NC(N)=O)c1)c1ccc(Br)o1. The number of urea groups is 1. The van der Waals surface area contributed by atoms with E-state index in [-0.39, 0.29) is 6.04 Å². The maximum Gasteiger partial charge on any atom is 0.316 e. The van der Waals surface area contributed by atoms with Crippen LogP contribution < -0.4 is 16.4 Å². The molecule has 0 bridgehead atoms. The number of rotatable bonds is 4. The van der Waals surface area contributed by atoms with Crippen LogP contribution in [0.1, 0.15) is 18.7 Å². The molecule has 100 valence electrons. The van der Waals surface area contributed by atoms with Gasteiger partial charge in [0.25, 0.3) is 0 Å². The molecule has 19 heavy (non-hydrogen) atoms. The molecule has 5 nitrogen and oxygen atoms in total. The van der Waals surface area contributed by atoms with Crippen LogP contribution in [0.15, 0.2) is 45.5 Å². The first-order valence-electron chi connectivity index (χ1n) is 5.73. The first-order valence-corrected chi connectivity index (χ1v) is 6.52. The smallest absolute Gasteiger partial charge is 0.316 e. The molecule has 6 heteroatoms. The summed E-state index contributed by atoms with van der Waals surface area (Å²) in [5.74, 6) is 0.820. The molecule has 1 aromatic heterocycles. The average Bonchev–Trinajstić information content (AvgIpc) is 2.75. The molecule has 4 N–H and O–H groups in total. The van der Waals surface area contributed by atoms with Crippen molar-refractivity contribution in [2.24, 2.45) is 5.73 Å². The lowest BCUT2D eigenvalue weighted by molar-refractivity contribution is 0.259. The number of amides is 2. The van der Waals surface area contributed by atoms with Crippen molar-refractivity contribution in [2.75, 3.05) is 10.6 Å². The Morgan fingerprint density at radius 2 is 2.05 bits per heavy atom. The van der Waals surface area contributed by atoms with Crippen molar-refractivity contribution in [1.29, 1.82) is 0 Å². The predicted molar refractivity (Wildman–Crippen MR) is 78.1 cm³/mol. The molecule has 1 heterocycles. The van der Waals surface area contributed by atoms with Gasteiger partial charge in [-0.1, -0.05) is 6.07 Å². The van der Waals surface area contributed by atoms with Crippen molar-refractivity contribution in [3.05, 3.63) is 46.8 Å². The van der Waals surface area contributed by atoms with Crippen LogP contribution in [0.2, 0.25) is 0 Å². The monoisotopic (exact) mass is 323 g/mol. The summed E-state index contributed by atoms with van der Waals surface area (Å²) < 4.78 is 6.17. The van der Waals surface area contributed by atoms with Crippen molar-refractivity contribution < 1.29 is 9.21 Å². The zero-order valence-electron chi connectivity index (χ0n) is 10.3. The highest BCUT2D eigenvalue weighted by Gasteiger charge is 2.09. The Labute approximate surface area is 119 Å². The Bertz CT molecular complexity index is 583. The normalized spacial score (nSPS) is 11.9. The summed E-state index contributed by atoms with van der Waals surface area (Å²) in [6.45, 7) is 1.99. The zero-order chi connectivity index (χ0) is 13.8. The third-order valence-corrected chi connectivity index (χ3v) is 2.96. The Morgan fingerprint density at radius 3 is 2.68 bits per heavy atom. The van der Waals surface area contributed by atoms with Crippen molar-refractivity contribution in [3.63, 3.8) is 0 Å². The number of hydrogen-bond donors (Lipinski definition) is 3. The molecule has 1 atom stereocenters. The Kier molecular flexibility index (Phi) is 4.11. The minimum atomic E-state index is -0.583. The van der Waals surface area contributed by atoms with Gasteiger partial charge in [0.05, 0.1) is 6.04 Å². The van der Waals surface area contributed by atoms with Gasteiger partial charge in [-0.05, 0) is 53.2 Å². The number of halogens is 1. The summed E-state index contributed by atoms with van der Waals surface area (Å²) in [6, 6.07) is 10.5. The van der Waals surface area contributed by atoms with E-state index in [0.29, 0.717) is 10.4 Å². The third-order valence-electron chi connectivity index (χ3n) is 2.53. The number of nitrogens with one attached hydrogen (secondary N) is 2. The van der Waals surface area contributed by atoms with Crippen LogP contribution in [0.3, 0.4) is 0 Å². The Hall–Kier alpha value is -1.95. The topological polar surface area (TPSA) is 80.3 Å². The van der Waals surface area contributed by atoms with Gasteiger partial charge in [0.1, 0.15) is 5.76 Å². The number of benzene rings is 1. The molecule has 0 radical (unpaired) electrons. The average molecular weight is 324 g/mol. The Morgan fingerprint density at radius 1 is 1.32 bits per heavy atom. The third kappa shape index (κ3) is 3.75. The minimum Gasteiger partial charge on any atom is -0.452 e. The molecule has 0 aliphatic heterocycles. The van der Waals surface area contributed by atoms with Gasteiger partial charge in [-0.2, -0.15) is 0 Å². The molecule has 1 unspecified atom stereocenters. The van der Waals surface area contributed by atoms with E-state index in [1.807, 2.05) is 31.2 Å². The van der Waals surface area contributed by atoms with Gasteiger partial charge in [-0.25, -0.2) is 4.79 Å². The number of hydrogen-bond acceptors (Lipinski definition) is 3. The highest BCUT2D eigenvalue weighted by atomic mass is 79.9. The van der Waals surface area contributed by atoms with Crippen LogP contribution in [0.25, 0.3) is 0 Å². The lowest BCUT2D eigenvalue weighted by atomic mass is 10.2. The molecule has 0 fully saturated rings. The van der Waals surface area contributed by atoms with Gasteiger partial charge < -0.3 is 20.8 Å². The highest BCUT2D eigenvalue weighted by molar-refractivity contribution is 9.10. The predicted octanol–water partition coefficient (Wildman–Crippen LogP) is 3.71. The van der Waals surface area contributed by atoms with Crippen LogP contribution in [-0.2, 0) is 0 Å². The summed E-state index contributed by atoms with van der Waals surface area (Å²) in [7, 11) is 0. The van der Waals surface area contributed by atoms with E-state index >= 15 is 0 Å². The lowest BCUT2D eigenvalue weighted by Crippen LogP contribution is -2.19. The van der Waals surface area contributed by atoms with E-state index < -0.39 is 6.03 Å². The number of furan rings is 1. The fourth-order valence-electron chi connectivity index (χ4n) is 1.71. The fourth-order valence-corrected chi connectivity index (χ4v) is 2.03. The maximum absolute atomic E-state index is 10.8. The lowest BCUT2D eigenvalue weighted by Gasteiger charge is -2.13. The minimum absolute atomic E-state index is 0.00938. The molecule has 2 rings (SSSR count). The molecular weight excluding hydrogens is 310 g/mol. The standard InChI is InChI=1S/C13H14BrN3O2/c1-8(11-5-6-12(14)19-11)16-9-3-2-4-10(7-9)17-13(15)18/h2-8,16H,1H3,(H3,15,17,18). The van der Waals surface area contributed by atoms with Gasteiger partial charge in [-0.3, -0.25) is 0 Å². The molecular formula is C13H14BrN3O2. The van der Waals surface area contributed by atoms with Gasteiger partial charge >= 0.3 is 6.03 Å². The van der Waals surface area contributed by atoms with Crippen molar-refractivity contribution in [3.8, 4) is 0 Å². The molecule has 2 aromatic rings. The number of anilines is 2. The van der Waals surface area contributed by atoms with Crippen LogP contribution in [0.5, 0.6) is 0 Å². The zero-order valence-corrected chi connectivity index (χ0v) is 11.9. The second-order valence-corrected chi connectivity index (χ2v) is 4.86. The van der Waals surface area contributed by atoms with Crippen molar-refractivity contribution in [1.82, 2.24) is 0 Å². The molecule has 2 amide bonds. The van der Waals surface area contributed by atoms with Crippen molar-refractivity contribution >= 4 is 33.3 Å². The highest BCUT2D eigenvalue weighted by Crippen LogP contribution is 2.24. The van der Waals surface area contributed by atoms with Crippen LogP contribution in [0.4, 0.5) is 16.2 Å². The van der Waals surface area contributed by atoms with Crippen LogP contribution in [-0.4, -0.2) is 6.03 Å². The summed E-state index contributed by atoms with van der Waals surface area (Å²) in [5.41, 5.74) is 6.59. The van der Waals surface area contributed by atoms with Gasteiger partial charge in [0.15, 0.2) is 4.67 Å².